The summed E-state index contributed by atoms with van der Waals surface area (Å²) in [6.45, 7) is 2.80. The van der Waals surface area contributed by atoms with Crippen LogP contribution in [0.15, 0.2) is 0 Å². The van der Waals surface area contributed by atoms with Crippen LogP contribution in [0.3, 0.4) is 0 Å². The van der Waals surface area contributed by atoms with Crippen molar-refractivity contribution in [3.05, 3.63) is 5.82 Å². The minimum absolute atomic E-state index is 0.172. The molecule has 13 heavy (non-hydrogen) atoms. The summed E-state index contributed by atoms with van der Waals surface area (Å²) in [5, 5.41) is 11.3. The highest BCUT2D eigenvalue weighted by Gasteiger charge is 2.28. The Morgan fingerprint density at radius 2 is 2.54 bits per heavy atom. The van der Waals surface area contributed by atoms with Gasteiger partial charge in [0, 0.05) is 6.61 Å². The van der Waals surface area contributed by atoms with Crippen molar-refractivity contribution in [3.8, 4) is 0 Å². The number of halogens is 1. The summed E-state index contributed by atoms with van der Waals surface area (Å²) in [5.41, 5.74) is 0. The molecular formula is C7H11ClN4O. The molecule has 2 rings (SSSR count). The summed E-state index contributed by atoms with van der Waals surface area (Å²) in [4.78, 5) is 0. The van der Waals surface area contributed by atoms with Crippen LogP contribution in [0.2, 0.25) is 0 Å². The van der Waals surface area contributed by atoms with Gasteiger partial charge in [0.05, 0.1) is 18.0 Å². The first kappa shape index (κ1) is 8.90. The number of ether oxygens (including phenoxy) is 1. The van der Waals surface area contributed by atoms with Gasteiger partial charge in [0.25, 0.3) is 0 Å². The number of alkyl halides is 1. The first-order valence-corrected chi connectivity index (χ1v) is 4.80. The zero-order valence-corrected chi connectivity index (χ0v) is 8.11. The quantitative estimate of drug-likeness (QED) is 0.665. The third-order valence-electron chi connectivity index (χ3n) is 2.33. The highest BCUT2D eigenvalue weighted by Crippen LogP contribution is 2.25. The Morgan fingerprint density at radius 1 is 1.69 bits per heavy atom. The van der Waals surface area contributed by atoms with Crippen molar-refractivity contribution in [1.29, 1.82) is 0 Å². The molecule has 1 aliphatic heterocycles. The molecule has 2 atom stereocenters. The predicted molar refractivity (Wildman–Crippen MR) is 46.4 cm³/mol. The minimum atomic E-state index is 0.172. The van der Waals surface area contributed by atoms with Crippen molar-refractivity contribution in [3.63, 3.8) is 0 Å². The predicted octanol–water partition coefficient (Wildman–Crippen LogP) is 0.762. The number of hydrogen-bond donors (Lipinski definition) is 0. The molecule has 0 bridgehead atoms. The maximum atomic E-state index is 5.70. The monoisotopic (exact) mass is 202 g/mol. The summed E-state index contributed by atoms with van der Waals surface area (Å²) >= 11 is 5.70. The molecule has 1 aromatic rings. The maximum absolute atomic E-state index is 5.70. The summed E-state index contributed by atoms with van der Waals surface area (Å²) in [6.07, 6.45) is 1.13. The molecule has 0 saturated carbocycles. The summed E-state index contributed by atoms with van der Waals surface area (Å²) in [5.74, 6) is 1.06. The molecule has 0 aromatic carbocycles. The van der Waals surface area contributed by atoms with Crippen LogP contribution < -0.4 is 0 Å². The lowest BCUT2D eigenvalue weighted by molar-refractivity contribution is 0.104. The van der Waals surface area contributed by atoms with Crippen LogP contribution in [0.5, 0.6) is 0 Å². The molecule has 0 N–H and O–H groups in total. The molecule has 6 heteroatoms. The van der Waals surface area contributed by atoms with Crippen LogP contribution in [-0.4, -0.2) is 32.9 Å². The van der Waals surface area contributed by atoms with E-state index in [-0.39, 0.29) is 12.1 Å². The second-order valence-corrected chi connectivity index (χ2v) is 3.37. The number of rotatable bonds is 2. The van der Waals surface area contributed by atoms with Crippen LogP contribution in [0, 0.1) is 0 Å². The van der Waals surface area contributed by atoms with E-state index in [9.17, 15) is 0 Å². The van der Waals surface area contributed by atoms with Gasteiger partial charge in [-0.3, -0.25) is 0 Å². The molecule has 1 fully saturated rings. The molecule has 1 aromatic heterocycles. The SMILES string of the molecule is CC1OCCC1n1nnnc1CCl. The van der Waals surface area contributed by atoms with E-state index in [2.05, 4.69) is 15.5 Å². The van der Waals surface area contributed by atoms with E-state index < -0.39 is 0 Å². The highest BCUT2D eigenvalue weighted by molar-refractivity contribution is 6.16. The number of aromatic nitrogens is 4. The molecular weight excluding hydrogens is 192 g/mol. The Hall–Kier alpha value is -0.680. The minimum Gasteiger partial charge on any atom is -0.376 e. The molecule has 2 heterocycles. The number of tetrazole rings is 1. The molecule has 0 amide bonds. The van der Waals surface area contributed by atoms with Crippen LogP contribution in [0.25, 0.3) is 0 Å². The molecule has 0 aliphatic carbocycles. The average Bonchev–Trinajstić information content (AvgIpc) is 2.71. The van der Waals surface area contributed by atoms with Gasteiger partial charge < -0.3 is 4.74 Å². The molecule has 0 radical (unpaired) electrons. The van der Waals surface area contributed by atoms with Gasteiger partial charge in [-0.05, 0) is 23.8 Å². The normalized spacial score (nSPS) is 28.2. The van der Waals surface area contributed by atoms with Crippen molar-refractivity contribution in [2.75, 3.05) is 6.61 Å². The van der Waals surface area contributed by atoms with Crippen molar-refractivity contribution in [1.82, 2.24) is 20.2 Å². The van der Waals surface area contributed by atoms with E-state index in [1.54, 1.807) is 4.68 Å². The van der Waals surface area contributed by atoms with Crippen LogP contribution >= 0.6 is 11.6 Å². The molecule has 0 spiro atoms. The van der Waals surface area contributed by atoms with Crippen molar-refractivity contribution in [2.45, 2.75) is 31.4 Å². The van der Waals surface area contributed by atoms with E-state index in [0.29, 0.717) is 11.7 Å². The average molecular weight is 203 g/mol. The topological polar surface area (TPSA) is 52.8 Å². The van der Waals surface area contributed by atoms with Gasteiger partial charge in [0.2, 0.25) is 0 Å². The summed E-state index contributed by atoms with van der Waals surface area (Å²) < 4.78 is 7.20. The molecule has 1 saturated heterocycles. The Bertz CT molecular complexity index is 290. The zero-order chi connectivity index (χ0) is 9.26. The lowest BCUT2D eigenvalue weighted by atomic mass is 10.2. The van der Waals surface area contributed by atoms with E-state index in [4.69, 9.17) is 16.3 Å². The second kappa shape index (κ2) is 3.59. The third kappa shape index (κ3) is 1.53. The fourth-order valence-corrected chi connectivity index (χ4v) is 1.78. The van der Waals surface area contributed by atoms with E-state index in [1.165, 1.54) is 0 Å². The Kier molecular flexibility index (Phi) is 2.46. The third-order valence-corrected chi connectivity index (χ3v) is 2.57. The van der Waals surface area contributed by atoms with E-state index >= 15 is 0 Å². The van der Waals surface area contributed by atoms with Crippen LogP contribution in [0.4, 0.5) is 0 Å². The van der Waals surface area contributed by atoms with E-state index in [0.717, 1.165) is 13.0 Å². The Balaban J connectivity index is 2.23. The fraction of sp³-hybridized carbons (Fsp3) is 0.857. The van der Waals surface area contributed by atoms with Gasteiger partial charge in [-0.2, -0.15) is 0 Å². The van der Waals surface area contributed by atoms with E-state index in [1.807, 2.05) is 6.92 Å². The summed E-state index contributed by atoms with van der Waals surface area (Å²) in [6, 6.07) is 0.240. The fourth-order valence-electron chi connectivity index (χ4n) is 1.60. The van der Waals surface area contributed by atoms with Gasteiger partial charge in [-0.25, -0.2) is 4.68 Å². The number of hydrogen-bond acceptors (Lipinski definition) is 4. The first-order chi connectivity index (χ1) is 6.33. The van der Waals surface area contributed by atoms with Gasteiger partial charge in [-0.15, -0.1) is 16.7 Å². The van der Waals surface area contributed by atoms with Gasteiger partial charge >= 0.3 is 0 Å². The highest BCUT2D eigenvalue weighted by atomic mass is 35.5. The van der Waals surface area contributed by atoms with Gasteiger partial charge in [0.1, 0.15) is 0 Å². The summed E-state index contributed by atoms with van der Waals surface area (Å²) in [7, 11) is 0. The Labute approximate surface area is 81.0 Å². The Morgan fingerprint density at radius 3 is 3.15 bits per heavy atom. The standard InChI is InChI=1S/C7H11ClN4O/c1-5-6(2-3-13-5)12-7(4-8)9-10-11-12/h5-6H,2-4H2,1H3. The van der Waals surface area contributed by atoms with Crippen molar-refractivity contribution >= 4 is 11.6 Å². The van der Waals surface area contributed by atoms with Gasteiger partial charge in [-0.1, -0.05) is 0 Å². The molecule has 1 aliphatic rings. The lowest BCUT2D eigenvalue weighted by Gasteiger charge is -2.14. The van der Waals surface area contributed by atoms with Crippen molar-refractivity contribution < 1.29 is 4.74 Å². The smallest absolute Gasteiger partial charge is 0.166 e. The lowest BCUT2D eigenvalue weighted by Crippen LogP contribution is -2.20. The number of nitrogens with zero attached hydrogens (tertiary/aromatic N) is 4. The maximum Gasteiger partial charge on any atom is 0.166 e. The largest absolute Gasteiger partial charge is 0.376 e. The molecule has 2 unspecified atom stereocenters. The van der Waals surface area contributed by atoms with Crippen molar-refractivity contribution in [2.24, 2.45) is 0 Å². The van der Waals surface area contributed by atoms with Gasteiger partial charge in [0.15, 0.2) is 5.82 Å². The van der Waals surface area contributed by atoms with Crippen LogP contribution in [-0.2, 0) is 10.6 Å². The second-order valence-electron chi connectivity index (χ2n) is 3.11. The molecule has 5 nitrogen and oxygen atoms in total. The zero-order valence-electron chi connectivity index (χ0n) is 7.35. The van der Waals surface area contributed by atoms with Crippen LogP contribution in [0.1, 0.15) is 25.2 Å². The first-order valence-electron chi connectivity index (χ1n) is 4.27. The molecule has 72 valence electrons.